The molecule has 0 saturated heterocycles. The van der Waals surface area contributed by atoms with E-state index in [0.29, 0.717) is 24.1 Å². The van der Waals surface area contributed by atoms with Gasteiger partial charge in [0.1, 0.15) is 11.6 Å². The van der Waals surface area contributed by atoms with Crippen molar-refractivity contribution in [3.63, 3.8) is 0 Å². The molecule has 4 heteroatoms. The second-order valence-electron chi connectivity index (χ2n) is 5.33. The molecule has 0 aromatic heterocycles. The number of ether oxygens (including phenoxy) is 2. The van der Waals surface area contributed by atoms with E-state index in [1.54, 1.807) is 14.2 Å². The molecular formula is C16H26N2O2. The molecule has 0 aromatic rings. The van der Waals surface area contributed by atoms with E-state index in [4.69, 9.17) is 19.5 Å². The monoisotopic (exact) mass is 278 g/mol. The summed E-state index contributed by atoms with van der Waals surface area (Å²) in [4.78, 5) is 9.57. The zero-order valence-corrected chi connectivity index (χ0v) is 13.1. The lowest BCUT2D eigenvalue weighted by atomic mass is 9.87. The highest BCUT2D eigenvalue weighted by atomic mass is 16.5. The molecule has 0 saturated carbocycles. The van der Waals surface area contributed by atoms with E-state index >= 15 is 0 Å². The minimum atomic E-state index is -0.512. The quantitative estimate of drug-likeness (QED) is 0.699. The summed E-state index contributed by atoms with van der Waals surface area (Å²) in [6.07, 6.45) is 6.03. The van der Waals surface area contributed by atoms with Crippen LogP contribution in [0.25, 0.3) is 0 Å². The fourth-order valence-corrected chi connectivity index (χ4v) is 2.45. The molecule has 1 rings (SSSR count). The number of rotatable bonds is 6. The minimum Gasteiger partial charge on any atom is -0.483 e. The van der Waals surface area contributed by atoms with Crippen LogP contribution in [0.2, 0.25) is 0 Å². The van der Waals surface area contributed by atoms with Crippen molar-refractivity contribution in [2.45, 2.75) is 44.7 Å². The zero-order chi connectivity index (χ0) is 15.2. The summed E-state index contributed by atoms with van der Waals surface area (Å²) >= 11 is 0. The van der Waals surface area contributed by atoms with Crippen molar-refractivity contribution >= 4 is 11.8 Å². The van der Waals surface area contributed by atoms with Gasteiger partial charge in [0.25, 0.3) is 0 Å². The van der Waals surface area contributed by atoms with E-state index < -0.39 is 5.54 Å². The first-order chi connectivity index (χ1) is 9.54. The largest absolute Gasteiger partial charge is 0.483 e. The predicted molar refractivity (Wildman–Crippen MR) is 84.5 cm³/mol. The predicted octanol–water partition coefficient (Wildman–Crippen LogP) is 3.40. The summed E-state index contributed by atoms with van der Waals surface area (Å²) in [5.41, 5.74) is -0.512. The third kappa shape index (κ3) is 3.30. The van der Waals surface area contributed by atoms with E-state index in [1.807, 2.05) is 12.2 Å². The van der Waals surface area contributed by atoms with Crippen molar-refractivity contribution in [1.82, 2.24) is 0 Å². The molecule has 0 aliphatic carbocycles. The van der Waals surface area contributed by atoms with Crippen LogP contribution in [0.4, 0.5) is 0 Å². The third-order valence-corrected chi connectivity index (χ3v) is 3.51. The van der Waals surface area contributed by atoms with Crippen LogP contribution in [0, 0.1) is 5.92 Å². The van der Waals surface area contributed by atoms with Gasteiger partial charge in [0.2, 0.25) is 11.8 Å². The molecule has 0 N–H and O–H groups in total. The van der Waals surface area contributed by atoms with Crippen LogP contribution in [-0.4, -0.2) is 37.6 Å². The molecule has 0 fully saturated rings. The van der Waals surface area contributed by atoms with E-state index in [0.717, 1.165) is 12.8 Å². The van der Waals surface area contributed by atoms with Crippen LogP contribution in [0.1, 0.15) is 33.1 Å². The van der Waals surface area contributed by atoms with Gasteiger partial charge in [0.05, 0.1) is 14.2 Å². The molecule has 1 aliphatic rings. The highest BCUT2D eigenvalue weighted by Gasteiger charge is 2.42. The van der Waals surface area contributed by atoms with Gasteiger partial charge in [-0.15, -0.1) is 13.2 Å². The average Bonchev–Trinajstić information content (AvgIpc) is 2.44. The highest BCUT2D eigenvalue weighted by molar-refractivity contribution is 5.97. The highest BCUT2D eigenvalue weighted by Crippen LogP contribution is 2.32. The summed E-state index contributed by atoms with van der Waals surface area (Å²) in [5.74, 6) is 1.64. The van der Waals surface area contributed by atoms with Crippen LogP contribution in [0.5, 0.6) is 0 Å². The number of hydrogen-bond donors (Lipinski definition) is 0. The maximum atomic E-state index is 5.54. The van der Waals surface area contributed by atoms with Crippen molar-refractivity contribution in [2.24, 2.45) is 15.9 Å². The Kier molecular flexibility index (Phi) is 5.99. The fourth-order valence-electron chi connectivity index (χ4n) is 2.45. The van der Waals surface area contributed by atoms with Gasteiger partial charge in [-0.2, -0.15) is 0 Å². The van der Waals surface area contributed by atoms with Gasteiger partial charge in [0, 0.05) is 0 Å². The normalized spacial score (nSPS) is 25.8. The fraction of sp³-hybridized carbons (Fsp3) is 0.625. The van der Waals surface area contributed by atoms with Crippen molar-refractivity contribution in [2.75, 3.05) is 14.2 Å². The van der Waals surface area contributed by atoms with Gasteiger partial charge in [-0.3, -0.25) is 0 Å². The second-order valence-corrected chi connectivity index (χ2v) is 5.33. The van der Waals surface area contributed by atoms with Crippen LogP contribution < -0.4 is 0 Å². The zero-order valence-electron chi connectivity index (χ0n) is 13.1. The molecule has 0 aromatic carbocycles. The van der Waals surface area contributed by atoms with Gasteiger partial charge in [-0.25, -0.2) is 9.98 Å². The third-order valence-electron chi connectivity index (χ3n) is 3.51. The van der Waals surface area contributed by atoms with E-state index in [9.17, 15) is 0 Å². The molecule has 1 unspecified atom stereocenters. The standard InChI is InChI=1S/C16H26N2O2/c1-7-9-11-16(10-8-2)15(20-6)17-13(12(3)4)14(18-16)19-5/h7-8,12-13H,1-2,9-11H2,3-6H3/t13?,16-/m0/s1. The number of nitrogens with zero attached hydrogens (tertiary/aromatic N) is 2. The Morgan fingerprint density at radius 1 is 1.25 bits per heavy atom. The van der Waals surface area contributed by atoms with E-state index in [2.05, 4.69) is 27.0 Å². The average molecular weight is 278 g/mol. The molecule has 0 spiro atoms. The Labute approximate surface area is 122 Å². The van der Waals surface area contributed by atoms with Crippen LogP contribution in [0.15, 0.2) is 35.3 Å². The number of hydrogen-bond acceptors (Lipinski definition) is 4. The molecule has 0 amide bonds. The molecule has 1 heterocycles. The summed E-state index contributed by atoms with van der Waals surface area (Å²) in [7, 11) is 3.29. The Morgan fingerprint density at radius 3 is 2.40 bits per heavy atom. The molecule has 1 aliphatic heterocycles. The van der Waals surface area contributed by atoms with Gasteiger partial charge >= 0.3 is 0 Å². The number of aliphatic imine (C=N–C) groups is 2. The first kappa shape index (κ1) is 16.5. The first-order valence-corrected chi connectivity index (χ1v) is 7.02. The van der Waals surface area contributed by atoms with Crippen molar-refractivity contribution in [3.05, 3.63) is 25.3 Å². The molecule has 112 valence electrons. The summed E-state index contributed by atoms with van der Waals surface area (Å²) in [6.45, 7) is 11.8. The Balaban J connectivity index is 3.25. The van der Waals surface area contributed by atoms with Crippen molar-refractivity contribution in [3.8, 4) is 0 Å². The topological polar surface area (TPSA) is 43.2 Å². The molecule has 4 nitrogen and oxygen atoms in total. The van der Waals surface area contributed by atoms with Gasteiger partial charge in [0.15, 0.2) is 0 Å². The van der Waals surface area contributed by atoms with Gasteiger partial charge < -0.3 is 9.47 Å². The Bertz CT molecular complexity index is 413. The van der Waals surface area contributed by atoms with Crippen LogP contribution in [0.3, 0.4) is 0 Å². The minimum absolute atomic E-state index is 0.0865. The summed E-state index contributed by atoms with van der Waals surface area (Å²) in [5, 5.41) is 0. The second kappa shape index (κ2) is 7.27. The lowest BCUT2D eigenvalue weighted by Crippen LogP contribution is -2.46. The first-order valence-electron chi connectivity index (χ1n) is 7.02. The number of methoxy groups -OCH3 is 2. The Hall–Kier alpha value is -1.58. The molecule has 0 radical (unpaired) electrons. The SMILES string of the molecule is C=CCC[C@]1(CC=C)N=C(OC)C(C(C)C)N=C1OC. The lowest BCUT2D eigenvalue weighted by molar-refractivity contribution is 0.298. The molecule has 20 heavy (non-hydrogen) atoms. The molecular weight excluding hydrogens is 252 g/mol. The lowest BCUT2D eigenvalue weighted by Gasteiger charge is -2.35. The van der Waals surface area contributed by atoms with Crippen molar-refractivity contribution < 1.29 is 9.47 Å². The van der Waals surface area contributed by atoms with Crippen molar-refractivity contribution in [1.29, 1.82) is 0 Å². The van der Waals surface area contributed by atoms with Gasteiger partial charge in [-0.05, 0) is 25.2 Å². The molecule has 0 bridgehead atoms. The summed E-state index contributed by atoms with van der Waals surface area (Å²) in [6, 6.07) is -0.0865. The van der Waals surface area contributed by atoms with Crippen LogP contribution in [-0.2, 0) is 9.47 Å². The summed E-state index contributed by atoms with van der Waals surface area (Å²) < 4.78 is 11.0. The maximum Gasteiger partial charge on any atom is 0.213 e. The van der Waals surface area contributed by atoms with E-state index in [-0.39, 0.29) is 6.04 Å². The smallest absolute Gasteiger partial charge is 0.213 e. The number of allylic oxidation sites excluding steroid dienone is 1. The van der Waals surface area contributed by atoms with Gasteiger partial charge in [-0.1, -0.05) is 26.0 Å². The van der Waals surface area contributed by atoms with E-state index in [1.165, 1.54) is 0 Å². The van der Waals surface area contributed by atoms with Crippen LogP contribution >= 0.6 is 0 Å². The molecule has 2 atom stereocenters. The maximum absolute atomic E-state index is 5.54. The Morgan fingerprint density at radius 2 is 1.95 bits per heavy atom.